The molecule has 1 aromatic carbocycles. The maximum absolute atomic E-state index is 5.31. The average molecular weight is 340 g/mol. The molecule has 3 aromatic heterocycles. The van der Waals surface area contributed by atoms with Crippen molar-refractivity contribution in [2.75, 3.05) is 14.2 Å². The summed E-state index contributed by atoms with van der Waals surface area (Å²) in [5, 5.41) is 15.5. The number of aromatic nitrogens is 6. The van der Waals surface area contributed by atoms with Gasteiger partial charge in [0.05, 0.1) is 19.6 Å². The molecule has 0 bridgehead atoms. The number of methoxy groups -OCH3 is 2. The molecule has 0 amide bonds. The van der Waals surface area contributed by atoms with Crippen molar-refractivity contribution in [1.29, 1.82) is 0 Å². The summed E-state index contributed by atoms with van der Waals surface area (Å²) in [5.74, 6) is 2.32. The van der Waals surface area contributed by atoms with E-state index in [0.29, 0.717) is 23.1 Å². The van der Waals surface area contributed by atoms with Crippen LogP contribution in [0, 0.1) is 0 Å². The van der Waals surface area contributed by atoms with Gasteiger partial charge in [-0.15, -0.1) is 26.3 Å². The Kier molecular flexibility index (Phi) is 3.54. The Balaban J connectivity index is 1.77. The minimum Gasteiger partial charge on any atom is -0.493 e. The first kappa shape index (κ1) is 14.5. The van der Waals surface area contributed by atoms with Gasteiger partial charge < -0.3 is 9.47 Å². The lowest BCUT2D eigenvalue weighted by Gasteiger charge is -2.07. The normalized spacial score (nSPS) is 10.9. The van der Waals surface area contributed by atoms with Crippen molar-refractivity contribution in [2.45, 2.75) is 0 Å². The zero-order chi connectivity index (χ0) is 16.5. The highest BCUT2D eigenvalue weighted by Crippen LogP contribution is 2.31. The van der Waals surface area contributed by atoms with E-state index in [1.54, 1.807) is 26.4 Å². The Morgan fingerprint density at radius 2 is 1.92 bits per heavy atom. The molecule has 0 saturated heterocycles. The van der Waals surface area contributed by atoms with E-state index < -0.39 is 0 Å². The molecule has 0 aliphatic rings. The predicted molar refractivity (Wildman–Crippen MR) is 88.7 cm³/mol. The van der Waals surface area contributed by atoms with Crippen LogP contribution < -0.4 is 9.47 Å². The summed E-state index contributed by atoms with van der Waals surface area (Å²) in [4.78, 5) is 10.8. The molecular weight excluding hydrogens is 328 g/mol. The number of tetrazole rings is 1. The number of nitrogens with zero attached hydrogens (tertiary/aromatic N) is 6. The fourth-order valence-electron chi connectivity index (χ4n) is 2.33. The van der Waals surface area contributed by atoms with Crippen molar-refractivity contribution in [3.05, 3.63) is 36.0 Å². The highest BCUT2D eigenvalue weighted by molar-refractivity contribution is 7.16. The molecule has 8 nitrogen and oxygen atoms in total. The molecule has 0 N–H and O–H groups in total. The van der Waals surface area contributed by atoms with Crippen molar-refractivity contribution in [3.63, 3.8) is 0 Å². The Bertz CT molecular complexity index is 1010. The molecule has 120 valence electrons. The van der Waals surface area contributed by atoms with Gasteiger partial charge in [-0.05, 0) is 34.9 Å². The van der Waals surface area contributed by atoms with Gasteiger partial charge in [-0.1, -0.05) is 0 Å². The van der Waals surface area contributed by atoms with Crippen molar-refractivity contribution in [3.8, 4) is 28.7 Å². The summed E-state index contributed by atoms with van der Waals surface area (Å²) in [6, 6.07) is 7.40. The van der Waals surface area contributed by atoms with Crippen LogP contribution >= 0.6 is 11.3 Å². The topological polar surface area (TPSA) is 87.8 Å². The van der Waals surface area contributed by atoms with Gasteiger partial charge in [0, 0.05) is 5.56 Å². The number of fused-ring (bicyclic) bond motifs is 1. The molecule has 0 aliphatic carbocycles. The van der Waals surface area contributed by atoms with Gasteiger partial charge in [0.2, 0.25) is 5.82 Å². The second-order valence-corrected chi connectivity index (χ2v) is 5.70. The third-order valence-electron chi connectivity index (χ3n) is 3.49. The molecule has 3 heterocycles. The average Bonchev–Trinajstić information content (AvgIpc) is 3.30. The van der Waals surface area contributed by atoms with Crippen molar-refractivity contribution in [1.82, 2.24) is 30.2 Å². The van der Waals surface area contributed by atoms with Crippen LogP contribution in [0.3, 0.4) is 0 Å². The quantitative estimate of drug-likeness (QED) is 0.563. The van der Waals surface area contributed by atoms with Gasteiger partial charge >= 0.3 is 0 Å². The Morgan fingerprint density at radius 3 is 2.75 bits per heavy atom. The van der Waals surface area contributed by atoms with Crippen LogP contribution in [-0.4, -0.2) is 44.4 Å². The Hall–Kier alpha value is -3.07. The molecule has 0 fully saturated rings. The van der Waals surface area contributed by atoms with E-state index in [0.717, 1.165) is 15.8 Å². The van der Waals surface area contributed by atoms with Gasteiger partial charge in [0.15, 0.2) is 17.3 Å². The summed E-state index contributed by atoms with van der Waals surface area (Å²) in [6.07, 6.45) is 1.49. The number of hydrogen-bond acceptors (Lipinski definition) is 8. The Morgan fingerprint density at radius 1 is 1.04 bits per heavy atom. The lowest BCUT2D eigenvalue weighted by atomic mass is 10.2. The van der Waals surface area contributed by atoms with Gasteiger partial charge in [0.1, 0.15) is 11.2 Å². The zero-order valence-corrected chi connectivity index (χ0v) is 13.7. The first-order valence-corrected chi connectivity index (χ1v) is 7.89. The number of rotatable bonds is 4. The largest absolute Gasteiger partial charge is 0.493 e. The van der Waals surface area contributed by atoms with Crippen LogP contribution in [0.4, 0.5) is 0 Å². The minimum absolute atomic E-state index is 0.470. The summed E-state index contributed by atoms with van der Waals surface area (Å²) in [7, 11) is 3.17. The van der Waals surface area contributed by atoms with E-state index in [1.165, 1.54) is 22.5 Å². The van der Waals surface area contributed by atoms with Gasteiger partial charge in [-0.25, -0.2) is 9.97 Å². The maximum Gasteiger partial charge on any atom is 0.205 e. The van der Waals surface area contributed by atoms with E-state index in [1.807, 2.05) is 17.5 Å². The molecule has 9 heteroatoms. The third-order valence-corrected chi connectivity index (χ3v) is 4.31. The number of thiophene rings is 1. The van der Waals surface area contributed by atoms with Crippen LogP contribution in [0.1, 0.15) is 0 Å². The van der Waals surface area contributed by atoms with Crippen LogP contribution in [0.5, 0.6) is 11.5 Å². The fraction of sp³-hybridized carbons (Fsp3) is 0.133. The van der Waals surface area contributed by atoms with E-state index in [4.69, 9.17) is 9.47 Å². The summed E-state index contributed by atoms with van der Waals surface area (Å²) in [6.45, 7) is 0. The number of hydrogen-bond donors (Lipinski definition) is 0. The van der Waals surface area contributed by atoms with Gasteiger partial charge in [0.25, 0.3) is 0 Å². The molecule has 0 atom stereocenters. The summed E-state index contributed by atoms with van der Waals surface area (Å²) in [5.41, 5.74) is 0.773. The molecule has 0 radical (unpaired) electrons. The molecule has 0 aliphatic heterocycles. The summed E-state index contributed by atoms with van der Waals surface area (Å²) >= 11 is 1.54. The first-order valence-electron chi connectivity index (χ1n) is 7.01. The smallest absolute Gasteiger partial charge is 0.205 e. The minimum atomic E-state index is 0.470. The fourth-order valence-corrected chi connectivity index (χ4v) is 3.06. The SMILES string of the molecule is COc1ccc(-c2nnn(-c3ncnc4sccc34)n2)cc1OC. The molecule has 0 saturated carbocycles. The van der Waals surface area contributed by atoms with Crippen LogP contribution in [0.2, 0.25) is 0 Å². The van der Waals surface area contributed by atoms with Crippen molar-refractivity contribution in [2.24, 2.45) is 0 Å². The van der Waals surface area contributed by atoms with Crippen LogP contribution in [0.15, 0.2) is 36.0 Å². The van der Waals surface area contributed by atoms with Crippen LogP contribution in [0.25, 0.3) is 27.4 Å². The van der Waals surface area contributed by atoms with Crippen molar-refractivity contribution >= 4 is 21.6 Å². The number of benzene rings is 1. The summed E-state index contributed by atoms with van der Waals surface area (Å²) < 4.78 is 10.5. The molecule has 24 heavy (non-hydrogen) atoms. The standard InChI is InChI=1S/C15H12N6O2S/c1-22-11-4-3-9(7-12(11)23-2)13-18-20-21(19-13)14-10-5-6-24-15(10)17-8-16-14/h3-8H,1-2H3. The van der Waals surface area contributed by atoms with E-state index in [-0.39, 0.29) is 0 Å². The second kappa shape index (κ2) is 5.85. The lowest BCUT2D eigenvalue weighted by molar-refractivity contribution is 0.355. The van der Waals surface area contributed by atoms with E-state index in [9.17, 15) is 0 Å². The monoisotopic (exact) mass is 340 g/mol. The first-order chi connectivity index (χ1) is 11.8. The highest BCUT2D eigenvalue weighted by Gasteiger charge is 2.14. The highest BCUT2D eigenvalue weighted by atomic mass is 32.1. The Labute approximate surface area is 140 Å². The number of ether oxygens (including phenoxy) is 2. The van der Waals surface area contributed by atoms with Gasteiger partial charge in [-0.3, -0.25) is 0 Å². The lowest BCUT2D eigenvalue weighted by Crippen LogP contribution is -2.02. The van der Waals surface area contributed by atoms with E-state index >= 15 is 0 Å². The molecular formula is C15H12N6O2S. The van der Waals surface area contributed by atoms with Crippen LogP contribution in [-0.2, 0) is 0 Å². The third kappa shape index (κ3) is 2.35. The molecule has 0 unspecified atom stereocenters. The predicted octanol–water partition coefficient (Wildman–Crippen LogP) is 2.35. The van der Waals surface area contributed by atoms with Crippen molar-refractivity contribution < 1.29 is 9.47 Å². The van der Waals surface area contributed by atoms with E-state index in [2.05, 4.69) is 25.4 Å². The zero-order valence-electron chi connectivity index (χ0n) is 12.9. The molecule has 4 aromatic rings. The molecule has 0 spiro atoms. The maximum atomic E-state index is 5.31. The molecule has 4 rings (SSSR count). The second-order valence-electron chi connectivity index (χ2n) is 4.81. The van der Waals surface area contributed by atoms with Gasteiger partial charge in [-0.2, -0.15) is 0 Å².